The number of thioether (sulfide) groups is 1. The Balaban J connectivity index is 1.71. The van der Waals surface area contributed by atoms with Crippen molar-refractivity contribution in [2.45, 2.75) is 5.16 Å². The van der Waals surface area contributed by atoms with Crippen molar-refractivity contribution in [3.8, 4) is 11.4 Å². The zero-order chi connectivity index (χ0) is 16.9. The number of halogens is 1. The minimum atomic E-state index is 0.0425. The number of benzene rings is 2. The van der Waals surface area contributed by atoms with E-state index in [1.165, 1.54) is 11.8 Å². The van der Waals surface area contributed by atoms with E-state index in [2.05, 4.69) is 4.98 Å². The standard InChI is InChI=1S/C18H15ClN2O2S/c1-23-16-8-6-15(7-9-16)21-11-10-20-18(21)24-12-17(22)13-2-4-14(19)5-3-13/h2-11H,12H2,1H3. The SMILES string of the molecule is COc1ccc(-n2ccnc2SCC(=O)c2ccc(Cl)cc2)cc1. The predicted molar refractivity (Wildman–Crippen MR) is 96.6 cm³/mol. The molecule has 24 heavy (non-hydrogen) atoms. The molecule has 0 aliphatic heterocycles. The van der Waals surface area contributed by atoms with E-state index in [0.717, 1.165) is 16.6 Å². The summed E-state index contributed by atoms with van der Waals surface area (Å²) in [6.45, 7) is 0. The monoisotopic (exact) mass is 358 g/mol. The number of carbonyl (C=O) groups excluding carboxylic acids is 1. The highest BCUT2D eigenvalue weighted by atomic mass is 35.5. The Morgan fingerprint density at radius 3 is 2.54 bits per heavy atom. The molecular formula is C18H15ClN2O2S. The summed E-state index contributed by atoms with van der Waals surface area (Å²) in [5, 5.41) is 1.39. The smallest absolute Gasteiger partial charge is 0.173 e. The van der Waals surface area contributed by atoms with Gasteiger partial charge in [-0.25, -0.2) is 4.98 Å². The van der Waals surface area contributed by atoms with Crippen LogP contribution in [0.15, 0.2) is 66.1 Å². The lowest BCUT2D eigenvalue weighted by molar-refractivity contribution is 0.102. The van der Waals surface area contributed by atoms with E-state index in [1.807, 2.05) is 35.0 Å². The summed E-state index contributed by atoms with van der Waals surface area (Å²) < 4.78 is 7.11. The summed E-state index contributed by atoms with van der Waals surface area (Å²) in [4.78, 5) is 16.6. The van der Waals surface area contributed by atoms with Gasteiger partial charge in [0, 0.05) is 28.7 Å². The zero-order valence-electron chi connectivity index (χ0n) is 13.0. The molecule has 1 aromatic heterocycles. The van der Waals surface area contributed by atoms with Gasteiger partial charge in [-0.2, -0.15) is 0 Å². The van der Waals surface area contributed by atoms with Crippen LogP contribution in [-0.4, -0.2) is 28.2 Å². The van der Waals surface area contributed by atoms with E-state index < -0.39 is 0 Å². The first-order valence-electron chi connectivity index (χ1n) is 7.27. The highest BCUT2D eigenvalue weighted by Crippen LogP contribution is 2.23. The van der Waals surface area contributed by atoms with Gasteiger partial charge in [-0.3, -0.25) is 9.36 Å². The van der Waals surface area contributed by atoms with E-state index in [-0.39, 0.29) is 5.78 Å². The molecular weight excluding hydrogens is 344 g/mol. The Morgan fingerprint density at radius 2 is 1.88 bits per heavy atom. The minimum absolute atomic E-state index is 0.0425. The highest BCUT2D eigenvalue weighted by molar-refractivity contribution is 7.99. The molecule has 0 unspecified atom stereocenters. The molecule has 6 heteroatoms. The lowest BCUT2D eigenvalue weighted by atomic mass is 10.1. The van der Waals surface area contributed by atoms with Crippen molar-refractivity contribution >= 4 is 29.1 Å². The second kappa shape index (κ2) is 7.55. The van der Waals surface area contributed by atoms with Crippen molar-refractivity contribution in [3.05, 3.63) is 71.5 Å². The maximum atomic E-state index is 12.3. The van der Waals surface area contributed by atoms with Crippen LogP contribution in [0.5, 0.6) is 5.75 Å². The van der Waals surface area contributed by atoms with Gasteiger partial charge in [-0.15, -0.1) is 0 Å². The van der Waals surface area contributed by atoms with Gasteiger partial charge in [-0.1, -0.05) is 23.4 Å². The van der Waals surface area contributed by atoms with Crippen LogP contribution in [0.25, 0.3) is 5.69 Å². The van der Waals surface area contributed by atoms with E-state index in [1.54, 1.807) is 37.6 Å². The lowest BCUT2D eigenvalue weighted by Crippen LogP contribution is -2.04. The number of hydrogen-bond acceptors (Lipinski definition) is 4. The molecule has 2 aromatic carbocycles. The number of carbonyl (C=O) groups is 1. The fraction of sp³-hybridized carbons (Fsp3) is 0.111. The van der Waals surface area contributed by atoms with Crippen LogP contribution in [0.3, 0.4) is 0 Å². The number of hydrogen-bond donors (Lipinski definition) is 0. The van der Waals surface area contributed by atoms with Gasteiger partial charge in [0.25, 0.3) is 0 Å². The molecule has 0 radical (unpaired) electrons. The Bertz CT molecular complexity index is 829. The molecule has 122 valence electrons. The highest BCUT2D eigenvalue weighted by Gasteiger charge is 2.11. The molecule has 1 heterocycles. The number of ether oxygens (including phenoxy) is 1. The summed E-state index contributed by atoms with van der Waals surface area (Å²) in [5.41, 5.74) is 1.61. The van der Waals surface area contributed by atoms with Gasteiger partial charge in [0.1, 0.15) is 5.75 Å². The molecule has 0 saturated heterocycles. The first-order valence-corrected chi connectivity index (χ1v) is 8.63. The van der Waals surface area contributed by atoms with E-state index >= 15 is 0 Å². The number of imidazole rings is 1. The fourth-order valence-electron chi connectivity index (χ4n) is 2.19. The molecule has 0 fully saturated rings. The number of rotatable bonds is 6. The number of ketones is 1. The van der Waals surface area contributed by atoms with Crippen LogP contribution >= 0.6 is 23.4 Å². The predicted octanol–water partition coefficient (Wildman–Crippen LogP) is 4.51. The largest absolute Gasteiger partial charge is 0.497 e. The van der Waals surface area contributed by atoms with Gasteiger partial charge in [0.05, 0.1) is 12.9 Å². The van der Waals surface area contributed by atoms with Crippen molar-refractivity contribution in [3.63, 3.8) is 0 Å². The number of methoxy groups -OCH3 is 1. The van der Waals surface area contributed by atoms with Crippen LogP contribution in [0, 0.1) is 0 Å². The molecule has 0 atom stereocenters. The molecule has 0 aliphatic carbocycles. The second-order valence-corrected chi connectivity index (χ2v) is 6.38. The van der Waals surface area contributed by atoms with E-state index in [0.29, 0.717) is 16.3 Å². The third-order valence-electron chi connectivity index (χ3n) is 3.46. The van der Waals surface area contributed by atoms with E-state index in [9.17, 15) is 4.79 Å². The van der Waals surface area contributed by atoms with Crippen molar-refractivity contribution in [2.24, 2.45) is 0 Å². The first-order chi connectivity index (χ1) is 11.7. The average molecular weight is 359 g/mol. The van der Waals surface area contributed by atoms with Crippen LogP contribution in [-0.2, 0) is 0 Å². The van der Waals surface area contributed by atoms with Crippen molar-refractivity contribution < 1.29 is 9.53 Å². The summed E-state index contributed by atoms with van der Waals surface area (Å²) in [7, 11) is 1.63. The van der Waals surface area contributed by atoms with Gasteiger partial charge in [-0.05, 0) is 48.5 Å². The molecule has 0 aliphatic rings. The summed E-state index contributed by atoms with van der Waals surface area (Å²) in [5.74, 6) is 1.15. The van der Waals surface area contributed by atoms with Gasteiger partial charge in [0.2, 0.25) is 0 Å². The summed E-state index contributed by atoms with van der Waals surface area (Å²) in [6, 6.07) is 14.6. The summed E-state index contributed by atoms with van der Waals surface area (Å²) >= 11 is 7.25. The van der Waals surface area contributed by atoms with E-state index in [4.69, 9.17) is 16.3 Å². The van der Waals surface area contributed by atoms with Crippen molar-refractivity contribution in [1.29, 1.82) is 0 Å². The van der Waals surface area contributed by atoms with Crippen LogP contribution in [0.2, 0.25) is 5.02 Å². The van der Waals surface area contributed by atoms with Crippen molar-refractivity contribution in [2.75, 3.05) is 12.9 Å². The Hall–Kier alpha value is -2.24. The minimum Gasteiger partial charge on any atom is -0.497 e. The average Bonchev–Trinajstić information content (AvgIpc) is 3.09. The number of Topliss-reactive ketones (excluding diaryl/α,β-unsaturated/α-hetero) is 1. The number of aromatic nitrogens is 2. The van der Waals surface area contributed by atoms with Crippen molar-refractivity contribution in [1.82, 2.24) is 9.55 Å². The molecule has 0 spiro atoms. The Kier molecular flexibility index (Phi) is 5.23. The third kappa shape index (κ3) is 3.80. The molecule has 0 amide bonds. The molecule has 3 rings (SSSR count). The topological polar surface area (TPSA) is 44.1 Å². The molecule has 0 bridgehead atoms. The van der Waals surface area contributed by atoms with Gasteiger partial charge < -0.3 is 4.74 Å². The van der Waals surface area contributed by atoms with Gasteiger partial charge >= 0.3 is 0 Å². The second-order valence-electron chi connectivity index (χ2n) is 5.00. The maximum absolute atomic E-state index is 12.3. The lowest BCUT2D eigenvalue weighted by Gasteiger charge is -2.08. The Morgan fingerprint density at radius 1 is 1.17 bits per heavy atom. The first kappa shape index (κ1) is 16.6. The molecule has 3 aromatic rings. The summed E-state index contributed by atoms with van der Waals surface area (Å²) in [6.07, 6.45) is 3.59. The maximum Gasteiger partial charge on any atom is 0.173 e. The molecule has 0 N–H and O–H groups in total. The van der Waals surface area contributed by atoms with Crippen LogP contribution < -0.4 is 4.74 Å². The number of nitrogens with zero attached hydrogens (tertiary/aromatic N) is 2. The molecule has 4 nitrogen and oxygen atoms in total. The molecule has 0 saturated carbocycles. The van der Waals surface area contributed by atoms with Crippen LogP contribution in [0.4, 0.5) is 0 Å². The van der Waals surface area contributed by atoms with Gasteiger partial charge in [0.15, 0.2) is 10.9 Å². The van der Waals surface area contributed by atoms with Crippen LogP contribution in [0.1, 0.15) is 10.4 Å². The fourth-order valence-corrected chi connectivity index (χ4v) is 3.18. The normalized spacial score (nSPS) is 10.6. The third-order valence-corrected chi connectivity index (χ3v) is 4.67. The zero-order valence-corrected chi connectivity index (χ0v) is 14.6. The quantitative estimate of drug-likeness (QED) is 0.480. The Labute approximate surface area is 149 Å².